The maximum atomic E-state index is 5.80. The predicted molar refractivity (Wildman–Crippen MR) is 107 cm³/mol. The van der Waals surface area contributed by atoms with E-state index < -0.39 is 0 Å². The Kier molecular flexibility index (Phi) is 3.83. The van der Waals surface area contributed by atoms with Gasteiger partial charge in [-0.05, 0) is 75.9 Å². The van der Waals surface area contributed by atoms with Crippen LogP contribution in [0.1, 0.15) is 43.9 Å². The lowest BCUT2D eigenvalue weighted by atomic mass is 9.80. The van der Waals surface area contributed by atoms with Gasteiger partial charge in [0.1, 0.15) is 5.75 Å². The van der Waals surface area contributed by atoms with Gasteiger partial charge in [0.2, 0.25) is 0 Å². The van der Waals surface area contributed by atoms with Crippen LogP contribution in [0.4, 0.5) is 0 Å². The molecule has 0 amide bonds. The zero-order chi connectivity index (χ0) is 17.6. The van der Waals surface area contributed by atoms with E-state index in [2.05, 4.69) is 69.3 Å². The molecule has 0 heterocycles. The third kappa shape index (κ3) is 2.82. The molecule has 0 fully saturated rings. The summed E-state index contributed by atoms with van der Waals surface area (Å²) in [5.74, 6) is 1.00. The molecule has 1 aliphatic carbocycles. The Morgan fingerprint density at radius 2 is 1.44 bits per heavy atom. The largest absolute Gasteiger partial charge is 0.496 e. The summed E-state index contributed by atoms with van der Waals surface area (Å²) in [6.45, 7) is 6.88. The Bertz CT molecular complexity index is 944. The van der Waals surface area contributed by atoms with Crippen molar-refractivity contribution in [2.24, 2.45) is 0 Å². The molecule has 128 valence electrons. The van der Waals surface area contributed by atoms with Gasteiger partial charge >= 0.3 is 0 Å². The summed E-state index contributed by atoms with van der Waals surface area (Å²) in [7, 11) is 1.79. The van der Waals surface area contributed by atoms with Crippen LogP contribution in [0, 0.1) is 0 Å². The van der Waals surface area contributed by atoms with Crippen molar-refractivity contribution in [1.29, 1.82) is 0 Å². The SMILES string of the molecule is COc1cc2c(cc1-c1cc3ccccc3cc1C(C)(C)C)CCC2. The summed E-state index contributed by atoms with van der Waals surface area (Å²) in [5.41, 5.74) is 6.94. The van der Waals surface area contributed by atoms with E-state index in [-0.39, 0.29) is 5.41 Å². The number of aryl methyl sites for hydroxylation is 2. The fourth-order valence-electron chi connectivity index (χ4n) is 4.06. The standard InChI is InChI=1S/C24H26O/c1-24(2,3)22-14-18-9-6-5-8-16(18)12-20(22)21-13-17-10-7-11-19(17)15-23(21)25-4/h5-6,8-9,12-15H,7,10-11H2,1-4H3. The van der Waals surface area contributed by atoms with Gasteiger partial charge in [0.15, 0.2) is 0 Å². The molecule has 1 aliphatic rings. The number of ether oxygens (including phenoxy) is 1. The molecule has 25 heavy (non-hydrogen) atoms. The van der Waals surface area contributed by atoms with Crippen molar-refractivity contribution in [2.45, 2.75) is 45.4 Å². The van der Waals surface area contributed by atoms with E-state index in [9.17, 15) is 0 Å². The minimum Gasteiger partial charge on any atom is -0.496 e. The van der Waals surface area contributed by atoms with Crippen molar-refractivity contribution in [1.82, 2.24) is 0 Å². The van der Waals surface area contributed by atoms with Crippen LogP contribution in [0.25, 0.3) is 21.9 Å². The Labute approximate surface area is 150 Å². The maximum absolute atomic E-state index is 5.80. The fraction of sp³-hybridized carbons (Fsp3) is 0.333. The van der Waals surface area contributed by atoms with Crippen LogP contribution < -0.4 is 4.74 Å². The minimum absolute atomic E-state index is 0.0728. The zero-order valence-corrected chi connectivity index (χ0v) is 15.6. The molecule has 3 aromatic carbocycles. The highest BCUT2D eigenvalue weighted by atomic mass is 16.5. The van der Waals surface area contributed by atoms with Gasteiger partial charge in [0.25, 0.3) is 0 Å². The van der Waals surface area contributed by atoms with E-state index in [0.717, 1.165) is 5.75 Å². The summed E-state index contributed by atoms with van der Waals surface area (Å²) >= 11 is 0. The zero-order valence-electron chi connectivity index (χ0n) is 15.6. The molecular weight excluding hydrogens is 304 g/mol. The van der Waals surface area contributed by atoms with Gasteiger partial charge in [0.05, 0.1) is 7.11 Å². The van der Waals surface area contributed by atoms with E-state index in [4.69, 9.17) is 4.74 Å². The van der Waals surface area contributed by atoms with Crippen LogP contribution in [0.15, 0.2) is 48.5 Å². The summed E-state index contributed by atoms with van der Waals surface area (Å²) in [4.78, 5) is 0. The number of hydrogen-bond acceptors (Lipinski definition) is 1. The summed E-state index contributed by atoms with van der Waals surface area (Å²) in [6, 6.07) is 18.0. The molecule has 0 spiro atoms. The fourth-order valence-corrected chi connectivity index (χ4v) is 4.06. The third-order valence-electron chi connectivity index (χ3n) is 5.40. The van der Waals surface area contributed by atoms with E-state index in [1.54, 1.807) is 7.11 Å². The normalized spacial score (nSPS) is 13.9. The number of methoxy groups -OCH3 is 1. The van der Waals surface area contributed by atoms with Gasteiger partial charge in [-0.25, -0.2) is 0 Å². The number of hydrogen-bond donors (Lipinski definition) is 0. The van der Waals surface area contributed by atoms with Gasteiger partial charge in [-0.15, -0.1) is 0 Å². The van der Waals surface area contributed by atoms with E-state index >= 15 is 0 Å². The maximum Gasteiger partial charge on any atom is 0.126 e. The second kappa shape index (κ2) is 5.91. The first-order chi connectivity index (χ1) is 12.0. The average molecular weight is 330 g/mol. The smallest absolute Gasteiger partial charge is 0.126 e. The quantitative estimate of drug-likeness (QED) is 0.535. The summed E-state index contributed by atoms with van der Waals surface area (Å²) < 4.78 is 5.80. The van der Waals surface area contributed by atoms with Crippen LogP contribution in [0.2, 0.25) is 0 Å². The molecule has 0 saturated heterocycles. The topological polar surface area (TPSA) is 9.23 Å². The van der Waals surface area contributed by atoms with Crippen molar-refractivity contribution < 1.29 is 4.74 Å². The molecule has 0 atom stereocenters. The molecule has 0 N–H and O–H groups in total. The molecule has 0 unspecified atom stereocenters. The minimum atomic E-state index is 0.0728. The average Bonchev–Trinajstić information content (AvgIpc) is 3.06. The molecule has 0 radical (unpaired) electrons. The van der Waals surface area contributed by atoms with Crippen molar-refractivity contribution >= 4 is 10.8 Å². The van der Waals surface area contributed by atoms with Crippen molar-refractivity contribution in [3.05, 3.63) is 65.2 Å². The monoisotopic (exact) mass is 330 g/mol. The van der Waals surface area contributed by atoms with Gasteiger partial charge in [-0.3, -0.25) is 0 Å². The van der Waals surface area contributed by atoms with Crippen molar-refractivity contribution in [3.8, 4) is 16.9 Å². The van der Waals surface area contributed by atoms with Gasteiger partial charge in [0, 0.05) is 5.56 Å². The second-order valence-corrected chi connectivity index (χ2v) is 8.17. The Balaban J connectivity index is 2.03. The van der Waals surface area contributed by atoms with Crippen LogP contribution in [-0.2, 0) is 18.3 Å². The van der Waals surface area contributed by atoms with Crippen molar-refractivity contribution in [2.75, 3.05) is 7.11 Å². The molecule has 0 bridgehead atoms. The summed E-state index contributed by atoms with van der Waals surface area (Å²) in [6.07, 6.45) is 3.62. The van der Waals surface area contributed by atoms with Crippen LogP contribution in [0.5, 0.6) is 5.75 Å². The summed E-state index contributed by atoms with van der Waals surface area (Å²) in [5, 5.41) is 2.59. The van der Waals surface area contributed by atoms with E-state index in [0.29, 0.717) is 0 Å². The van der Waals surface area contributed by atoms with E-state index in [1.165, 1.54) is 57.9 Å². The highest BCUT2D eigenvalue weighted by Crippen LogP contribution is 2.42. The first-order valence-corrected chi connectivity index (χ1v) is 9.21. The third-order valence-corrected chi connectivity index (χ3v) is 5.40. The second-order valence-electron chi connectivity index (χ2n) is 8.17. The lowest BCUT2D eigenvalue weighted by Gasteiger charge is -2.25. The molecule has 4 rings (SSSR count). The molecule has 1 heteroatoms. The number of benzene rings is 3. The van der Waals surface area contributed by atoms with Gasteiger partial charge in [-0.2, -0.15) is 0 Å². The molecule has 0 saturated carbocycles. The van der Waals surface area contributed by atoms with Crippen LogP contribution in [0.3, 0.4) is 0 Å². The first kappa shape index (κ1) is 16.2. The Morgan fingerprint density at radius 3 is 2.08 bits per heavy atom. The van der Waals surface area contributed by atoms with E-state index in [1.807, 2.05) is 0 Å². The highest BCUT2D eigenvalue weighted by molar-refractivity contribution is 5.91. The first-order valence-electron chi connectivity index (χ1n) is 9.21. The lowest BCUT2D eigenvalue weighted by molar-refractivity contribution is 0.416. The molecule has 0 aromatic heterocycles. The predicted octanol–water partition coefficient (Wildman–Crippen LogP) is 6.30. The lowest BCUT2D eigenvalue weighted by Crippen LogP contribution is -2.13. The Morgan fingerprint density at radius 1 is 0.800 bits per heavy atom. The van der Waals surface area contributed by atoms with Gasteiger partial charge < -0.3 is 4.74 Å². The molecule has 0 aliphatic heterocycles. The number of rotatable bonds is 2. The Hall–Kier alpha value is -2.28. The van der Waals surface area contributed by atoms with Crippen LogP contribution in [-0.4, -0.2) is 7.11 Å². The number of fused-ring (bicyclic) bond motifs is 2. The van der Waals surface area contributed by atoms with Gasteiger partial charge in [-0.1, -0.05) is 51.1 Å². The van der Waals surface area contributed by atoms with Crippen molar-refractivity contribution in [3.63, 3.8) is 0 Å². The van der Waals surface area contributed by atoms with Crippen LogP contribution >= 0.6 is 0 Å². The highest BCUT2D eigenvalue weighted by Gasteiger charge is 2.23. The molecular formula is C24H26O. The molecule has 1 nitrogen and oxygen atoms in total. The molecule has 3 aromatic rings.